The van der Waals surface area contributed by atoms with Crippen LogP contribution in [0.4, 0.5) is 5.69 Å². The van der Waals surface area contributed by atoms with Gasteiger partial charge in [0.1, 0.15) is 6.54 Å². The third-order valence-electron chi connectivity index (χ3n) is 5.23. The standard InChI is InChI=1S/C21H22ClN5O3/c1-14-6-8-16(9-7-14)25-10-11-26-19(29)20(30)27(24-21(25)26)13-18(28)23-12-15-4-2-3-5-17(15)22/h2-9,21,24H,10-13H2,1H3,(H,23,28). The van der Waals surface area contributed by atoms with Crippen molar-refractivity contribution in [1.82, 2.24) is 20.7 Å². The van der Waals surface area contributed by atoms with Crippen LogP contribution >= 0.6 is 11.6 Å². The Hall–Kier alpha value is -3.10. The van der Waals surface area contributed by atoms with Gasteiger partial charge >= 0.3 is 11.8 Å². The highest BCUT2D eigenvalue weighted by Crippen LogP contribution is 2.25. The molecule has 2 aliphatic heterocycles. The first-order chi connectivity index (χ1) is 14.4. The SMILES string of the molecule is Cc1ccc(N2CCN3C(=O)C(=O)N(CC(=O)NCc4ccccc4Cl)NC32)cc1. The number of aryl methyl sites for hydroxylation is 1. The van der Waals surface area contributed by atoms with Crippen molar-refractivity contribution in [3.8, 4) is 0 Å². The Morgan fingerprint density at radius 2 is 1.77 bits per heavy atom. The van der Waals surface area contributed by atoms with E-state index in [9.17, 15) is 14.4 Å². The van der Waals surface area contributed by atoms with E-state index >= 15 is 0 Å². The summed E-state index contributed by atoms with van der Waals surface area (Å²) in [6.07, 6.45) is -0.519. The maximum absolute atomic E-state index is 12.6. The third-order valence-corrected chi connectivity index (χ3v) is 5.60. The van der Waals surface area contributed by atoms with Gasteiger partial charge in [-0.05, 0) is 30.7 Å². The Bertz CT molecular complexity index is 981. The van der Waals surface area contributed by atoms with E-state index in [1.807, 2.05) is 54.3 Å². The molecule has 2 aliphatic rings. The molecule has 0 spiro atoms. The molecule has 0 aromatic heterocycles. The van der Waals surface area contributed by atoms with Crippen molar-refractivity contribution in [3.05, 3.63) is 64.7 Å². The van der Waals surface area contributed by atoms with Crippen molar-refractivity contribution < 1.29 is 14.4 Å². The summed E-state index contributed by atoms with van der Waals surface area (Å²) in [5.41, 5.74) is 5.87. The molecule has 156 valence electrons. The molecule has 0 saturated carbocycles. The average Bonchev–Trinajstić information content (AvgIpc) is 3.15. The zero-order valence-corrected chi connectivity index (χ0v) is 17.2. The second-order valence-corrected chi connectivity index (χ2v) is 7.70. The first kappa shape index (κ1) is 20.2. The van der Waals surface area contributed by atoms with Gasteiger partial charge in [-0.15, -0.1) is 0 Å². The number of hydrazine groups is 1. The second-order valence-electron chi connectivity index (χ2n) is 7.29. The van der Waals surface area contributed by atoms with Crippen LogP contribution in [0, 0.1) is 6.92 Å². The number of nitrogens with zero attached hydrogens (tertiary/aromatic N) is 3. The van der Waals surface area contributed by atoms with Gasteiger partial charge in [0.15, 0.2) is 6.29 Å². The molecule has 3 amide bonds. The maximum atomic E-state index is 12.6. The van der Waals surface area contributed by atoms with Gasteiger partial charge in [0.25, 0.3) is 0 Å². The van der Waals surface area contributed by atoms with Gasteiger partial charge in [0, 0.05) is 30.3 Å². The number of hydrogen-bond donors (Lipinski definition) is 2. The largest absolute Gasteiger partial charge is 0.350 e. The number of rotatable bonds is 5. The monoisotopic (exact) mass is 427 g/mol. The number of carbonyl (C=O) groups excluding carboxylic acids is 3. The second kappa shape index (κ2) is 8.33. The summed E-state index contributed by atoms with van der Waals surface area (Å²) < 4.78 is 0. The van der Waals surface area contributed by atoms with Crippen LogP contribution < -0.4 is 15.6 Å². The van der Waals surface area contributed by atoms with Crippen LogP contribution in [0.5, 0.6) is 0 Å². The summed E-state index contributed by atoms with van der Waals surface area (Å²) in [7, 11) is 0. The van der Waals surface area contributed by atoms with Gasteiger partial charge in [0.2, 0.25) is 5.91 Å². The van der Waals surface area contributed by atoms with E-state index in [-0.39, 0.29) is 13.1 Å². The summed E-state index contributed by atoms with van der Waals surface area (Å²) in [5, 5.41) is 4.37. The number of halogens is 1. The van der Waals surface area contributed by atoms with Crippen molar-refractivity contribution in [1.29, 1.82) is 0 Å². The van der Waals surface area contributed by atoms with E-state index < -0.39 is 24.0 Å². The topological polar surface area (TPSA) is 85.0 Å². The molecule has 2 aromatic rings. The fourth-order valence-electron chi connectivity index (χ4n) is 3.58. The van der Waals surface area contributed by atoms with Gasteiger partial charge in [-0.25, -0.2) is 0 Å². The van der Waals surface area contributed by atoms with E-state index in [1.165, 1.54) is 4.90 Å². The minimum absolute atomic E-state index is 0.236. The highest BCUT2D eigenvalue weighted by Gasteiger charge is 2.45. The molecule has 2 fully saturated rings. The number of benzene rings is 2. The quantitative estimate of drug-likeness (QED) is 0.701. The van der Waals surface area contributed by atoms with Crippen LogP contribution in [0.15, 0.2) is 48.5 Å². The molecular weight excluding hydrogens is 406 g/mol. The van der Waals surface area contributed by atoms with Crippen molar-refractivity contribution in [2.24, 2.45) is 0 Å². The average molecular weight is 428 g/mol. The third kappa shape index (κ3) is 3.96. The van der Waals surface area contributed by atoms with Crippen molar-refractivity contribution in [2.45, 2.75) is 19.8 Å². The van der Waals surface area contributed by atoms with E-state index in [0.29, 0.717) is 18.1 Å². The number of fused-ring (bicyclic) bond motifs is 1. The Morgan fingerprint density at radius 1 is 1.07 bits per heavy atom. The summed E-state index contributed by atoms with van der Waals surface area (Å²) in [5.74, 6) is -1.76. The molecule has 2 saturated heterocycles. The molecule has 8 nitrogen and oxygen atoms in total. The molecule has 9 heteroatoms. The zero-order chi connectivity index (χ0) is 21.3. The number of nitrogens with one attached hydrogen (secondary N) is 2. The molecular formula is C21H22ClN5O3. The van der Waals surface area contributed by atoms with Crippen molar-refractivity contribution >= 4 is 35.0 Å². The lowest BCUT2D eigenvalue weighted by Gasteiger charge is -2.40. The van der Waals surface area contributed by atoms with Crippen molar-refractivity contribution in [3.63, 3.8) is 0 Å². The first-order valence-corrected chi connectivity index (χ1v) is 10.0. The summed E-state index contributed by atoms with van der Waals surface area (Å²) >= 11 is 6.10. The van der Waals surface area contributed by atoms with E-state index in [0.717, 1.165) is 21.8 Å². The predicted molar refractivity (Wildman–Crippen MR) is 112 cm³/mol. The molecule has 2 heterocycles. The maximum Gasteiger partial charge on any atom is 0.326 e. The number of amides is 3. The molecule has 4 rings (SSSR count). The fourth-order valence-corrected chi connectivity index (χ4v) is 3.78. The molecule has 0 aliphatic carbocycles. The number of hydrogen-bond acceptors (Lipinski definition) is 5. The molecule has 1 atom stereocenters. The minimum Gasteiger partial charge on any atom is -0.350 e. The van der Waals surface area contributed by atoms with Crippen LogP contribution in [0.25, 0.3) is 0 Å². The lowest BCUT2D eigenvalue weighted by molar-refractivity contribution is -0.163. The highest BCUT2D eigenvalue weighted by molar-refractivity contribution is 6.35. The van der Waals surface area contributed by atoms with Crippen LogP contribution in [0.3, 0.4) is 0 Å². The molecule has 1 unspecified atom stereocenters. The van der Waals surface area contributed by atoms with E-state index in [1.54, 1.807) is 6.07 Å². The van der Waals surface area contributed by atoms with Gasteiger partial charge in [-0.2, -0.15) is 5.43 Å². The van der Waals surface area contributed by atoms with E-state index in [4.69, 9.17) is 11.6 Å². The van der Waals surface area contributed by atoms with Crippen LogP contribution in [0.2, 0.25) is 5.02 Å². The molecule has 30 heavy (non-hydrogen) atoms. The summed E-state index contributed by atoms with van der Waals surface area (Å²) in [4.78, 5) is 40.9. The van der Waals surface area contributed by atoms with Gasteiger partial charge in [-0.3, -0.25) is 24.3 Å². The first-order valence-electron chi connectivity index (χ1n) is 9.66. The van der Waals surface area contributed by atoms with Crippen LogP contribution in [-0.2, 0) is 20.9 Å². The van der Waals surface area contributed by atoms with E-state index in [2.05, 4.69) is 10.7 Å². The van der Waals surface area contributed by atoms with Gasteiger partial charge in [0.05, 0.1) is 0 Å². The Morgan fingerprint density at radius 3 is 2.50 bits per heavy atom. The Balaban J connectivity index is 1.43. The number of anilines is 1. The lowest BCUT2D eigenvalue weighted by atomic mass is 10.2. The van der Waals surface area contributed by atoms with Gasteiger partial charge < -0.3 is 10.2 Å². The Labute approximate surface area is 179 Å². The van der Waals surface area contributed by atoms with Crippen LogP contribution in [0.1, 0.15) is 11.1 Å². The molecule has 0 bridgehead atoms. The summed E-state index contributed by atoms with van der Waals surface area (Å²) in [6, 6.07) is 15.1. The predicted octanol–water partition coefficient (Wildman–Crippen LogP) is 1.24. The van der Waals surface area contributed by atoms with Crippen LogP contribution in [-0.4, -0.2) is 53.6 Å². The molecule has 2 N–H and O–H groups in total. The van der Waals surface area contributed by atoms with Crippen molar-refractivity contribution in [2.75, 3.05) is 24.5 Å². The molecule has 0 radical (unpaired) electrons. The molecule has 2 aromatic carbocycles. The number of carbonyl (C=O) groups is 3. The lowest BCUT2D eigenvalue weighted by Crippen LogP contribution is -2.68. The normalized spacial score (nSPS) is 18.6. The Kier molecular flexibility index (Phi) is 5.61. The minimum atomic E-state index is -0.745. The highest BCUT2D eigenvalue weighted by atomic mass is 35.5. The smallest absolute Gasteiger partial charge is 0.326 e. The zero-order valence-electron chi connectivity index (χ0n) is 16.5. The fraction of sp³-hybridized carbons (Fsp3) is 0.286. The summed E-state index contributed by atoms with van der Waals surface area (Å²) in [6.45, 7) is 2.99. The van der Waals surface area contributed by atoms with Gasteiger partial charge in [-0.1, -0.05) is 47.5 Å².